The van der Waals surface area contributed by atoms with Gasteiger partial charge in [0.15, 0.2) is 0 Å². The number of carboxylic acids is 1. The standard InChI is InChI=1S/C18H25NO5/c1-18(2,3)24-17(22)19-9-8-14(15(11-19)16(20)21)12-6-5-7-13(10-12)23-4/h5-7,10,17,22H,8-9,11H2,1-4H3,(H,20,21). The van der Waals surface area contributed by atoms with Crippen molar-refractivity contribution < 1.29 is 24.5 Å². The maximum atomic E-state index is 11.7. The predicted molar refractivity (Wildman–Crippen MR) is 90.6 cm³/mol. The van der Waals surface area contributed by atoms with E-state index in [9.17, 15) is 15.0 Å². The molecule has 0 radical (unpaired) electrons. The highest BCUT2D eigenvalue weighted by molar-refractivity contribution is 5.97. The lowest BCUT2D eigenvalue weighted by Gasteiger charge is -2.35. The van der Waals surface area contributed by atoms with Gasteiger partial charge in [-0.15, -0.1) is 0 Å². The third kappa shape index (κ3) is 4.56. The summed E-state index contributed by atoms with van der Waals surface area (Å²) in [5.41, 5.74) is 1.35. The molecule has 1 aromatic rings. The second-order valence-electron chi connectivity index (χ2n) is 6.77. The number of carbonyl (C=O) groups is 1. The van der Waals surface area contributed by atoms with E-state index in [0.29, 0.717) is 18.7 Å². The van der Waals surface area contributed by atoms with Gasteiger partial charge in [-0.1, -0.05) is 12.1 Å². The molecule has 2 N–H and O–H groups in total. The molecule has 1 heterocycles. The summed E-state index contributed by atoms with van der Waals surface area (Å²) in [5, 5.41) is 19.8. The first-order chi connectivity index (χ1) is 11.2. The van der Waals surface area contributed by atoms with Crippen LogP contribution in [0.3, 0.4) is 0 Å². The zero-order chi connectivity index (χ0) is 17.9. The summed E-state index contributed by atoms with van der Waals surface area (Å²) >= 11 is 0. The Labute approximate surface area is 142 Å². The summed E-state index contributed by atoms with van der Waals surface area (Å²) in [6.07, 6.45) is -0.620. The van der Waals surface area contributed by atoms with Gasteiger partial charge in [0.25, 0.3) is 0 Å². The highest BCUT2D eigenvalue weighted by Gasteiger charge is 2.30. The molecule has 0 aromatic heterocycles. The number of hydrogen-bond donors (Lipinski definition) is 2. The third-order valence-electron chi connectivity index (χ3n) is 3.82. The molecule has 0 saturated carbocycles. The Hall–Kier alpha value is -1.89. The number of hydrogen-bond acceptors (Lipinski definition) is 5. The second-order valence-corrected chi connectivity index (χ2v) is 6.77. The number of benzene rings is 1. The van der Waals surface area contributed by atoms with Crippen molar-refractivity contribution in [1.82, 2.24) is 4.90 Å². The molecule has 2 rings (SSSR count). The van der Waals surface area contributed by atoms with Gasteiger partial charge in [0.05, 0.1) is 18.3 Å². The van der Waals surface area contributed by atoms with E-state index in [4.69, 9.17) is 9.47 Å². The molecule has 24 heavy (non-hydrogen) atoms. The number of ether oxygens (including phenoxy) is 2. The monoisotopic (exact) mass is 335 g/mol. The van der Waals surface area contributed by atoms with Crippen LogP contribution in [0.4, 0.5) is 0 Å². The Bertz CT molecular complexity index is 633. The predicted octanol–water partition coefficient (Wildman–Crippen LogP) is 2.33. The number of methoxy groups -OCH3 is 1. The van der Waals surface area contributed by atoms with E-state index in [1.807, 2.05) is 45.0 Å². The van der Waals surface area contributed by atoms with Crippen LogP contribution < -0.4 is 4.74 Å². The highest BCUT2D eigenvalue weighted by Crippen LogP contribution is 2.30. The molecular formula is C18H25NO5. The molecule has 1 aliphatic rings. The molecule has 1 atom stereocenters. The fourth-order valence-electron chi connectivity index (χ4n) is 2.69. The molecule has 6 heteroatoms. The summed E-state index contributed by atoms with van der Waals surface area (Å²) in [7, 11) is 1.58. The molecule has 0 bridgehead atoms. The van der Waals surface area contributed by atoms with E-state index >= 15 is 0 Å². The van der Waals surface area contributed by atoms with Gasteiger partial charge in [0.1, 0.15) is 5.75 Å². The first-order valence-electron chi connectivity index (χ1n) is 7.91. The zero-order valence-electron chi connectivity index (χ0n) is 14.6. The van der Waals surface area contributed by atoms with Gasteiger partial charge in [-0.05, 0) is 50.5 Å². The van der Waals surface area contributed by atoms with Gasteiger partial charge >= 0.3 is 5.97 Å². The Kier molecular flexibility index (Phi) is 5.64. The van der Waals surface area contributed by atoms with Crippen molar-refractivity contribution in [2.75, 3.05) is 20.2 Å². The number of carboxylic acid groups (broad SMARTS) is 1. The van der Waals surface area contributed by atoms with E-state index < -0.39 is 18.0 Å². The van der Waals surface area contributed by atoms with Crippen molar-refractivity contribution in [2.24, 2.45) is 0 Å². The van der Waals surface area contributed by atoms with E-state index in [1.165, 1.54) is 0 Å². The SMILES string of the molecule is COc1cccc(C2=C(C(=O)O)CN(C(O)OC(C)(C)C)CC2)c1. The Morgan fingerprint density at radius 2 is 2.04 bits per heavy atom. The quantitative estimate of drug-likeness (QED) is 0.804. The minimum atomic E-state index is -1.13. The smallest absolute Gasteiger partial charge is 0.333 e. The lowest BCUT2D eigenvalue weighted by Crippen LogP contribution is -2.45. The summed E-state index contributed by atoms with van der Waals surface area (Å²) in [6.45, 7) is 6.17. The average Bonchev–Trinajstić information content (AvgIpc) is 2.52. The lowest BCUT2D eigenvalue weighted by molar-refractivity contribution is -0.237. The molecule has 0 aliphatic carbocycles. The highest BCUT2D eigenvalue weighted by atomic mass is 16.6. The maximum Gasteiger partial charge on any atom is 0.333 e. The number of rotatable bonds is 5. The van der Waals surface area contributed by atoms with Gasteiger partial charge in [0.2, 0.25) is 6.41 Å². The van der Waals surface area contributed by atoms with E-state index in [0.717, 1.165) is 11.1 Å². The Balaban J connectivity index is 2.27. The Morgan fingerprint density at radius 1 is 1.33 bits per heavy atom. The summed E-state index contributed by atoms with van der Waals surface area (Å²) in [4.78, 5) is 13.3. The van der Waals surface area contributed by atoms with Gasteiger partial charge in [0, 0.05) is 13.1 Å². The van der Waals surface area contributed by atoms with Crippen LogP contribution in [0.5, 0.6) is 5.75 Å². The number of aliphatic carboxylic acids is 1. The molecule has 132 valence electrons. The molecular weight excluding hydrogens is 310 g/mol. The van der Waals surface area contributed by atoms with Crippen LogP contribution >= 0.6 is 0 Å². The lowest BCUT2D eigenvalue weighted by atomic mass is 9.93. The topological polar surface area (TPSA) is 79.2 Å². The number of nitrogens with zero attached hydrogens (tertiary/aromatic N) is 1. The summed E-state index contributed by atoms with van der Waals surface area (Å²) < 4.78 is 10.7. The van der Waals surface area contributed by atoms with E-state index in [-0.39, 0.29) is 12.1 Å². The van der Waals surface area contributed by atoms with Crippen molar-refractivity contribution in [2.45, 2.75) is 39.2 Å². The van der Waals surface area contributed by atoms with E-state index in [2.05, 4.69) is 0 Å². The third-order valence-corrected chi connectivity index (χ3v) is 3.82. The van der Waals surface area contributed by atoms with Crippen LogP contribution in [-0.2, 0) is 9.53 Å². The van der Waals surface area contributed by atoms with Crippen LogP contribution in [-0.4, -0.2) is 53.3 Å². The molecule has 0 spiro atoms. The number of aliphatic hydroxyl groups excluding tert-OH is 1. The summed E-state index contributed by atoms with van der Waals surface area (Å²) in [6, 6.07) is 7.36. The molecule has 0 amide bonds. The fraction of sp³-hybridized carbons (Fsp3) is 0.500. The van der Waals surface area contributed by atoms with Gasteiger partial charge in [-0.25, -0.2) is 4.79 Å². The van der Waals surface area contributed by atoms with Crippen molar-refractivity contribution in [3.8, 4) is 5.75 Å². The van der Waals surface area contributed by atoms with Crippen LogP contribution in [0.25, 0.3) is 5.57 Å². The van der Waals surface area contributed by atoms with Crippen LogP contribution in [0.1, 0.15) is 32.8 Å². The molecule has 1 unspecified atom stereocenters. The average molecular weight is 335 g/mol. The molecule has 0 fully saturated rings. The zero-order valence-corrected chi connectivity index (χ0v) is 14.6. The van der Waals surface area contributed by atoms with Crippen LogP contribution in [0.2, 0.25) is 0 Å². The fourth-order valence-corrected chi connectivity index (χ4v) is 2.69. The number of aliphatic hydroxyl groups is 1. The van der Waals surface area contributed by atoms with Crippen LogP contribution in [0, 0.1) is 0 Å². The van der Waals surface area contributed by atoms with Crippen molar-refractivity contribution in [1.29, 1.82) is 0 Å². The van der Waals surface area contributed by atoms with Crippen LogP contribution in [0.15, 0.2) is 29.8 Å². The Morgan fingerprint density at radius 3 is 2.62 bits per heavy atom. The minimum absolute atomic E-state index is 0.124. The normalized spacial score (nSPS) is 17.7. The van der Waals surface area contributed by atoms with Gasteiger partial charge in [-0.3, -0.25) is 4.90 Å². The van der Waals surface area contributed by atoms with Crippen molar-refractivity contribution in [3.05, 3.63) is 35.4 Å². The van der Waals surface area contributed by atoms with Gasteiger partial charge < -0.3 is 19.7 Å². The van der Waals surface area contributed by atoms with Crippen molar-refractivity contribution >= 4 is 11.5 Å². The molecule has 1 aliphatic heterocycles. The molecule has 1 aromatic carbocycles. The largest absolute Gasteiger partial charge is 0.497 e. The first kappa shape index (κ1) is 18.4. The maximum absolute atomic E-state index is 11.7. The summed E-state index contributed by atoms with van der Waals surface area (Å²) in [5.74, 6) is -0.302. The molecule has 0 saturated heterocycles. The second kappa shape index (κ2) is 7.34. The first-order valence-corrected chi connectivity index (χ1v) is 7.91. The minimum Gasteiger partial charge on any atom is -0.497 e. The van der Waals surface area contributed by atoms with E-state index in [1.54, 1.807) is 12.0 Å². The van der Waals surface area contributed by atoms with Crippen molar-refractivity contribution in [3.63, 3.8) is 0 Å². The molecule has 6 nitrogen and oxygen atoms in total. The van der Waals surface area contributed by atoms with Gasteiger partial charge in [-0.2, -0.15) is 0 Å².